The number of carbonyl (C=O) groups excluding carboxylic acids is 4. The number of nitrogens with one attached hydrogen (secondary N) is 3. The fourth-order valence-corrected chi connectivity index (χ4v) is 2.86. The largest absolute Gasteiger partial charge is 0.481 e. The van der Waals surface area contributed by atoms with Crippen LogP contribution in [0.5, 0.6) is 0 Å². The zero-order valence-electron chi connectivity index (χ0n) is 19.4. The van der Waals surface area contributed by atoms with Crippen molar-refractivity contribution in [1.29, 1.82) is 0 Å². The zero-order valence-corrected chi connectivity index (χ0v) is 19.4. The maximum absolute atomic E-state index is 12.9. The number of hydrogen-bond donors (Lipinski definition) is 8. The highest BCUT2D eigenvalue weighted by Crippen LogP contribution is 2.08. The maximum Gasteiger partial charge on any atom is 0.328 e. The number of carbonyl (C=O) groups is 6. The number of carboxylic acid groups (broad SMARTS) is 2. The molecule has 10 N–H and O–H groups in total. The van der Waals surface area contributed by atoms with Gasteiger partial charge in [-0.1, -0.05) is 13.8 Å². The van der Waals surface area contributed by atoms with E-state index >= 15 is 0 Å². The molecule has 0 bridgehead atoms. The molecule has 0 aliphatic carbocycles. The zero-order chi connectivity index (χ0) is 26.6. The van der Waals surface area contributed by atoms with Crippen LogP contribution in [0, 0.1) is 5.92 Å². The number of aliphatic hydroxyl groups excluding tert-OH is 1. The third-order valence-electron chi connectivity index (χ3n) is 4.70. The van der Waals surface area contributed by atoms with Gasteiger partial charge in [-0.15, -0.1) is 0 Å². The van der Waals surface area contributed by atoms with E-state index in [1.54, 1.807) is 13.8 Å². The topological polar surface area (TPSA) is 251 Å². The molecule has 0 saturated carbocycles. The quantitative estimate of drug-likeness (QED) is 0.112. The van der Waals surface area contributed by atoms with Gasteiger partial charge < -0.3 is 42.7 Å². The number of amides is 4. The Balaban J connectivity index is 5.54. The Morgan fingerprint density at radius 2 is 1.32 bits per heavy atom. The summed E-state index contributed by atoms with van der Waals surface area (Å²) in [6.07, 6.45) is -2.39. The van der Waals surface area contributed by atoms with Crippen LogP contribution in [0.25, 0.3) is 0 Å². The second kappa shape index (κ2) is 14.8. The number of rotatable bonds is 16. The molecule has 0 aromatic heterocycles. The first-order chi connectivity index (χ1) is 15.6. The van der Waals surface area contributed by atoms with Gasteiger partial charge in [-0.25, -0.2) is 4.79 Å². The standard InChI is InChI=1S/C20H35N5O9/c1-9(2)8-13(24-17(30)11(21)4-7-15(28)29)19(32)23-12(5-6-14(22)27)18(31)25-16(10(3)26)20(33)34/h9-13,16,26H,4-8,21H2,1-3H3,(H2,22,27)(H,23,32)(H,24,30)(H,25,31)(H,28,29)(H,33,34). The van der Waals surface area contributed by atoms with Gasteiger partial charge in [-0.2, -0.15) is 0 Å². The number of carboxylic acids is 2. The molecule has 0 spiro atoms. The Kier molecular flexibility index (Phi) is 13.4. The lowest BCUT2D eigenvalue weighted by atomic mass is 10.0. The molecule has 34 heavy (non-hydrogen) atoms. The SMILES string of the molecule is CC(C)CC(NC(=O)C(N)CCC(=O)O)C(=O)NC(CCC(N)=O)C(=O)NC(C(=O)O)C(C)O. The van der Waals surface area contributed by atoms with Crippen molar-refractivity contribution in [3.05, 3.63) is 0 Å². The summed E-state index contributed by atoms with van der Waals surface area (Å²) in [4.78, 5) is 71.0. The van der Waals surface area contributed by atoms with E-state index in [-0.39, 0.29) is 38.0 Å². The summed E-state index contributed by atoms with van der Waals surface area (Å²) in [7, 11) is 0. The third kappa shape index (κ3) is 12.1. The smallest absolute Gasteiger partial charge is 0.328 e. The van der Waals surface area contributed by atoms with Crippen LogP contribution >= 0.6 is 0 Å². The normalized spacial score (nSPS) is 15.4. The van der Waals surface area contributed by atoms with E-state index in [0.717, 1.165) is 6.92 Å². The van der Waals surface area contributed by atoms with Crippen LogP contribution in [0.3, 0.4) is 0 Å². The molecule has 0 rings (SSSR count). The molecule has 14 heteroatoms. The Bertz CT molecular complexity index is 757. The van der Waals surface area contributed by atoms with Crippen LogP contribution in [0.1, 0.15) is 52.9 Å². The van der Waals surface area contributed by atoms with Crippen LogP contribution in [-0.4, -0.2) is 81.2 Å². The molecular weight excluding hydrogens is 454 g/mol. The van der Waals surface area contributed by atoms with Crippen LogP contribution in [0.15, 0.2) is 0 Å². The lowest BCUT2D eigenvalue weighted by Gasteiger charge is -2.26. The lowest BCUT2D eigenvalue weighted by molar-refractivity contribution is -0.145. The van der Waals surface area contributed by atoms with Crippen molar-refractivity contribution >= 4 is 35.6 Å². The summed E-state index contributed by atoms with van der Waals surface area (Å²) in [5.74, 6) is -6.05. The lowest BCUT2D eigenvalue weighted by Crippen LogP contribution is -2.58. The third-order valence-corrected chi connectivity index (χ3v) is 4.70. The van der Waals surface area contributed by atoms with Crippen molar-refractivity contribution in [3.63, 3.8) is 0 Å². The van der Waals surface area contributed by atoms with Gasteiger partial charge in [-0.3, -0.25) is 24.0 Å². The van der Waals surface area contributed by atoms with E-state index in [0.29, 0.717) is 0 Å². The minimum Gasteiger partial charge on any atom is -0.481 e. The van der Waals surface area contributed by atoms with Gasteiger partial charge in [0.25, 0.3) is 0 Å². The van der Waals surface area contributed by atoms with Crippen molar-refractivity contribution in [2.45, 2.75) is 83.1 Å². The predicted molar refractivity (Wildman–Crippen MR) is 118 cm³/mol. The summed E-state index contributed by atoms with van der Waals surface area (Å²) in [5, 5.41) is 34.4. The molecule has 0 aliphatic heterocycles. The molecule has 0 saturated heterocycles. The van der Waals surface area contributed by atoms with Crippen molar-refractivity contribution in [2.24, 2.45) is 17.4 Å². The van der Waals surface area contributed by atoms with Gasteiger partial charge in [0, 0.05) is 12.8 Å². The van der Waals surface area contributed by atoms with Gasteiger partial charge in [0.15, 0.2) is 6.04 Å². The van der Waals surface area contributed by atoms with Crippen molar-refractivity contribution in [2.75, 3.05) is 0 Å². The Hall–Kier alpha value is -3.26. The van der Waals surface area contributed by atoms with E-state index in [2.05, 4.69) is 16.0 Å². The van der Waals surface area contributed by atoms with Crippen molar-refractivity contribution in [3.8, 4) is 0 Å². The Morgan fingerprint density at radius 1 is 0.794 bits per heavy atom. The van der Waals surface area contributed by atoms with E-state index in [1.165, 1.54) is 0 Å². The van der Waals surface area contributed by atoms with E-state index < -0.39 is 65.8 Å². The molecule has 0 radical (unpaired) electrons. The highest BCUT2D eigenvalue weighted by molar-refractivity contribution is 5.94. The first kappa shape index (κ1) is 30.7. The molecule has 4 amide bonds. The molecule has 0 aromatic rings. The van der Waals surface area contributed by atoms with E-state index in [4.69, 9.17) is 21.7 Å². The summed E-state index contributed by atoms with van der Waals surface area (Å²) >= 11 is 0. The van der Waals surface area contributed by atoms with Crippen LogP contribution in [0.2, 0.25) is 0 Å². The van der Waals surface area contributed by atoms with Gasteiger partial charge in [0.1, 0.15) is 12.1 Å². The first-order valence-corrected chi connectivity index (χ1v) is 10.7. The predicted octanol–water partition coefficient (Wildman–Crippen LogP) is -2.59. The molecule has 5 unspecified atom stereocenters. The fourth-order valence-electron chi connectivity index (χ4n) is 2.86. The summed E-state index contributed by atoms with van der Waals surface area (Å²) in [5.41, 5.74) is 10.8. The number of nitrogens with two attached hydrogens (primary N) is 2. The molecule has 14 nitrogen and oxygen atoms in total. The van der Waals surface area contributed by atoms with Crippen LogP contribution < -0.4 is 27.4 Å². The Labute approximate surface area is 196 Å². The minimum absolute atomic E-state index is 0.0872. The van der Waals surface area contributed by atoms with Crippen LogP contribution in [-0.2, 0) is 28.8 Å². The number of hydrogen-bond acceptors (Lipinski definition) is 8. The second-order valence-corrected chi connectivity index (χ2v) is 8.36. The molecule has 0 heterocycles. The number of aliphatic hydroxyl groups is 1. The number of primary amides is 1. The molecule has 0 aliphatic rings. The van der Waals surface area contributed by atoms with Gasteiger partial charge in [0.05, 0.1) is 12.1 Å². The molecule has 5 atom stereocenters. The summed E-state index contributed by atoms with van der Waals surface area (Å²) < 4.78 is 0. The first-order valence-electron chi connectivity index (χ1n) is 10.7. The maximum atomic E-state index is 12.9. The molecule has 194 valence electrons. The van der Waals surface area contributed by atoms with Gasteiger partial charge in [-0.05, 0) is 32.1 Å². The van der Waals surface area contributed by atoms with Gasteiger partial charge >= 0.3 is 11.9 Å². The van der Waals surface area contributed by atoms with E-state index in [9.17, 15) is 33.9 Å². The summed E-state index contributed by atoms with van der Waals surface area (Å²) in [6, 6.07) is -5.40. The second-order valence-electron chi connectivity index (χ2n) is 8.36. The van der Waals surface area contributed by atoms with Gasteiger partial charge in [0.2, 0.25) is 23.6 Å². The highest BCUT2D eigenvalue weighted by Gasteiger charge is 2.32. The fraction of sp³-hybridized carbons (Fsp3) is 0.700. The van der Waals surface area contributed by atoms with E-state index in [1.807, 2.05) is 0 Å². The molecule has 0 aromatic carbocycles. The summed E-state index contributed by atoms with van der Waals surface area (Å²) in [6.45, 7) is 4.69. The molecule has 0 fully saturated rings. The van der Waals surface area contributed by atoms with Crippen molar-refractivity contribution in [1.82, 2.24) is 16.0 Å². The van der Waals surface area contributed by atoms with Crippen molar-refractivity contribution < 1.29 is 44.1 Å². The molecular formula is C20H35N5O9. The number of aliphatic carboxylic acids is 2. The highest BCUT2D eigenvalue weighted by atomic mass is 16.4. The van der Waals surface area contributed by atoms with Crippen LogP contribution in [0.4, 0.5) is 0 Å². The minimum atomic E-state index is -1.67. The Morgan fingerprint density at radius 3 is 1.76 bits per heavy atom. The monoisotopic (exact) mass is 489 g/mol. The average Bonchev–Trinajstić information content (AvgIpc) is 2.70. The average molecular weight is 490 g/mol.